The first-order valence-electron chi connectivity index (χ1n) is 10.6. The van der Waals surface area contributed by atoms with E-state index < -0.39 is 11.8 Å². The summed E-state index contributed by atoms with van der Waals surface area (Å²) in [7, 11) is 0. The number of alkyl halides is 2. The monoisotopic (exact) mass is 481 g/mol. The quantitative estimate of drug-likeness (QED) is 0.326. The SMILES string of the molecule is Cc1cc(NC(=O)C(F)(F)c2ccccc2)nn1Cc1cc(Cl)ccc1OCc1ccccc1. The van der Waals surface area contributed by atoms with Crippen LogP contribution in [0.1, 0.15) is 22.4 Å². The zero-order valence-corrected chi connectivity index (χ0v) is 19.1. The molecule has 0 aliphatic heterocycles. The van der Waals surface area contributed by atoms with Crippen LogP contribution >= 0.6 is 11.6 Å². The lowest BCUT2D eigenvalue weighted by Crippen LogP contribution is -2.32. The number of anilines is 1. The molecule has 34 heavy (non-hydrogen) atoms. The van der Waals surface area contributed by atoms with Gasteiger partial charge < -0.3 is 10.1 Å². The van der Waals surface area contributed by atoms with E-state index in [0.29, 0.717) is 23.1 Å². The number of nitrogens with zero attached hydrogens (tertiary/aromatic N) is 2. The highest BCUT2D eigenvalue weighted by Gasteiger charge is 2.41. The van der Waals surface area contributed by atoms with Crippen molar-refractivity contribution in [2.75, 3.05) is 5.32 Å². The minimum absolute atomic E-state index is 0.0342. The minimum Gasteiger partial charge on any atom is -0.489 e. The van der Waals surface area contributed by atoms with Crippen LogP contribution in [0.15, 0.2) is 84.9 Å². The van der Waals surface area contributed by atoms with Crippen LogP contribution in [-0.4, -0.2) is 15.7 Å². The van der Waals surface area contributed by atoms with E-state index in [-0.39, 0.29) is 17.9 Å². The molecule has 0 radical (unpaired) electrons. The van der Waals surface area contributed by atoms with Gasteiger partial charge in [-0.3, -0.25) is 9.48 Å². The summed E-state index contributed by atoms with van der Waals surface area (Å²) in [6.07, 6.45) is 0. The maximum atomic E-state index is 14.5. The predicted molar refractivity (Wildman–Crippen MR) is 127 cm³/mol. The van der Waals surface area contributed by atoms with Crippen molar-refractivity contribution < 1.29 is 18.3 Å². The van der Waals surface area contributed by atoms with Gasteiger partial charge in [0.15, 0.2) is 5.82 Å². The summed E-state index contributed by atoms with van der Waals surface area (Å²) in [4.78, 5) is 12.3. The number of benzene rings is 3. The standard InChI is InChI=1S/C26H22ClF2N3O2/c1-18-14-24(30-25(33)26(28,29)21-10-6-3-7-11-21)31-32(18)16-20-15-22(27)12-13-23(20)34-17-19-8-4-2-5-9-19/h2-15H,16-17H2,1H3,(H,30,31,33). The molecule has 0 saturated carbocycles. The van der Waals surface area contributed by atoms with E-state index >= 15 is 0 Å². The van der Waals surface area contributed by atoms with Crippen LogP contribution in [0.3, 0.4) is 0 Å². The summed E-state index contributed by atoms with van der Waals surface area (Å²) < 4.78 is 36.6. The molecule has 1 amide bonds. The van der Waals surface area contributed by atoms with E-state index in [1.807, 2.05) is 30.3 Å². The summed E-state index contributed by atoms with van der Waals surface area (Å²) in [6, 6.07) is 23.5. The zero-order chi connectivity index (χ0) is 24.1. The number of aromatic nitrogens is 2. The van der Waals surface area contributed by atoms with Crippen molar-refractivity contribution >= 4 is 23.3 Å². The molecule has 3 aromatic carbocycles. The van der Waals surface area contributed by atoms with Gasteiger partial charge in [0, 0.05) is 27.9 Å². The first-order valence-corrected chi connectivity index (χ1v) is 10.9. The molecule has 5 nitrogen and oxygen atoms in total. The molecule has 0 fully saturated rings. The van der Waals surface area contributed by atoms with Crippen LogP contribution in [0.25, 0.3) is 0 Å². The molecular weight excluding hydrogens is 460 g/mol. The number of hydrogen-bond donors (Lipinski definition) is 1. The molecule has 0 spiro atoms. The second-order valence-corrected chi connectivity index (χ2v) is 8.19. The normalized spacial score (nSPS) is 11.3. The summed E-state index contributed by atoms with van der Waals surface area (Å²) >= 11 is 6.20. The molecule has 1 N–H and O–H groups in total. The average Bonchev–Trinajstić information content (AvgIpc) is 3.18. The van der Waals surface area contributed by atoms with E-state index in [9.17, 15) is 13.6 Å². The lowest BCUT2D eigenvalue weighted by Gasteiger charge is -2.15. The Labute approximate surface area is 200 Å². The molecule has 0 atom stereocenters. The molecule has 4 rings (SSSR count). The Kier molecular flexibility index (Phi) is 6.93. The van der Waals surface area contributed by atoms with Gasteiger partial charge in [0.25, 0.3) is 0 Å². The smallest absolute Gasteiger partial charge is 0.350 e. The molecular formula is C26H22ClF2N3O2. The van der Waals surface area contributed by atoms with Gasteiger partial charge >= 0.3 is 11.8 Å². The van der Waals surface area contributed by atoms with Crippen molar-refractivity contribution in [3.8, 4) is 5.75 Å². The van der Waals surface area contributed by atoms with E-state index in [0.717, 1.165) is 11.1 Å². The molecule has 0 aliphatic rings. The molecule has 0 saturated heterocycles. The van der Waals surface area contributed by atoms with Crippen molar-refractivity contribution in [1.29, 1.82) is 0 Å². The third-order valence-corrected chi connectivity index (χ3v) is 5.46. The number of amides is 1. The zero-order valence-electron chi connectivity index (χ0n) is 18.3. The molecule has 1 heterocycles. The lowest BCUT2D eigenvalue weighted by molar-refractivity contribution is -0.140. The fourth-order valence-corrected chi connectivity index (χ4v) is 3.61. The van der Waals surface area contributed by atoms with E-state index in [1.54, 1.807) is 35.9 Å². The number of aryl methyl sites for hydroxylation is 1. The highest BCUT2D eigenvalue weighted by Crippen LogP contribution is 2.30. The van der Waals surface area contributed by atoms with Gasteiger partial charge in [-0.05, 0) is 30.7 Å². The Hall–Kier alpha value is -3.71. The van der Waals surface area contributed by atoms with Crippen molar-refractivity contribution in [3.05, 3.63) is 112 Å². The number of rotatable bonds is 8. The second kappa shape index (κ2) is 10.1. The summed E-state index contributed by atoms with van der Waals surface area (Å²) in [5.41, 5.74) is 2.07. The van der Waals surface area contributed by atoms with Crippen molar-refractivity contribution in [1.82, 2.24) is 9.78 Å². The lowest BCUT2D eigenvalue weighted by atomic mass is 10.1. The predicted octanol–water partition coefficient (Wildman–Crippen LogP) is 6.20. The van der Waals surface area contributed by atoms with Crippen LogP contribution in [-0.2, 0) is 23.9 Å². The Balaban J connectivity index is 1.50. The Morgan fingerprint density at radius 3 is 2.41 bits per heavy atom. The van der Waals surface area contributed by atoms with Crippen LogP contribution in [0, 0.1) is 6.92 Å². The third-order valence-electron chi connectivity index (χ3n) is 5.22. The van der Waals surface area contributed by atoms with Crippen molar-refractivity contribution in [3.63, 3.8) is 0 Å². The first kappa shape index (κ1) is 23.4. The molecule has 8 heteroatoms. The van der Waals surface area contributed by atoms with Gasteiger partial charge in [-0.2, -0.15) is 13.9 Å². The molecule has 174 valence electrons. The van der Waals surface area contributed by atoms with E-state index in [2.05, 4.69) is 10.4 Å². The number of carbonyl (C=O) groups excluding carboxylic acids is 1. The maximum absolute atomic E-state index is 14.5. The van der Waals surface area contributed by atoms with Gasteiger partial charge in [-0.15, -0.1) is 0 Å². The Morgan fingerprint density at radius 2 is 1.71 bits per heavy atom. The summed E-state index contributed by atoms with van der Waals surface area (Å²) in [5, 5.41) is 7.05. The van der Waals surface area contributed by atoms with Crippen molar-refractivity contribution in [2.45, 2.75) is 26.0 Å². The maximum Gasteiger partial charge on any atom is 0.350 e. The number of halogens is 3. The molecule has 0 aliphatic carbocycles. The molecule has 0 unspecified atom stereocenters. The van der Waals surface area contributed by atoms with E-state index in [1.165, 1.54) is 30.3 Å². The minimum atomic E-state index is -3.69. The van der Waals surface area contributed by atoms with Crippen LogP contribution in [0.4, 0.5) is 14.6 Å². The van der Waals surface area contributed by atoms with Crippen LogP contribution in [0.5, 0.6) is 5.75 Å². The average molecular weight is 482 g/mol. The highest BCUT2D eigenvalue weighted by molar-refractivity contribution is 6.30. The highest BCUT2D eigenvalue weighted by atomic mass is 35.5. The summed E-state index contributed by atoms with van der Waals surface area (Å²) in [5.74, 6) is -4.47. The first-order chi connectivity index (χ1) is 16.3. The van der Waals surface area contributed by atoms with Crippen molar-refractivity contribution in [2.24, 2.45) is 0 Å². The topological polar surface area (TPSA) is 56.2 Å². The molecule has 0 bridgehead atoms. The number of nitrogens with one attached hydrogen (secondary N) is 1. The molecule has 4 aromatic rings. The van der Waals surface area contributed by atoms with Gasteiger partial charge in [-0.25, -0.2) is 0 Å². The Morgan fingerprint density at radius 1 is 1.03 bits per heavy atom. The molecule has 1 aromatic heterocycles. The van der Waals surface area contributed by atoms with Gasteiger partial charge in [0.05, 0.1) is 6.54 Å². The van der Waals surface area contributed by atoms with Gasteiger partial charge in [-0.1, -0.05) is 72.3 Å². The van der Waals surface area contributed by atoms with Crippen LogP contribution in [0.2, 0.25) is 5.02 Å². The van der Waals surface area contributed by atoms with Gasteiger partial charge in [0.1, 0.15) is 12.4 Å². The van der Waals surface area contributed by atoms with E-state index in [4.69, 9.17) is 16.3 Å². The second-order valence-electron chi connectivity index (χ2n) is 7.75. The number of hydrogen-bond acceptors (Lipinski definition) is 3. The number of ether oxygens (including phenoxy) is 1. The van der Waals surface area contributed by atoms with Gasteiger partial charge in [0.2, 0.25) is 0 Å². The Bertz CT molecular complexity index is 1280. The third kappa shape index (κ3) is 5.43. The van der Waals surface area contributed by atoms with Crippen LogP contribution < -0.4 is 10.1 Å². The number of carbonyl (C=O) groups is 1. The summed E-state index contributed by atoms with van der Waals surface area (Å²) in [6.45, 7) is 2.43. The fourth-order valence-electron chi connectivity index (χ4n) is 3.41. The fraction of sp³-hybridized carbons (Fsp3) is 0.154. The largest absolute Gasteiger partial charge is 0.489 e.